The maximum absolute atomic E-state index is 11.1. The fourth-order valence-electron chi connectivity index (χ4n) is 5.43. The zero-order valence-corrected chi connectivity index (χ0v) is 18.1. The molecule has 3 saturated heterocycles. The molecule has 2 atom stereocenters. The monoisotopic (exact) mass is 410 g/mol. The normalized spacial score (nSPS) is 25.1. The van der Waals surface area contributed by atoms with Crippen molar-refractivity contribution >= 4 is 5.71 Å². The van der Waals surface area contributed by atoms with Crippen molar-refractivity contribution in [2.75, 3.05) is 13.1 Å². The highest BCUT2D eigenvalue weighted by Gasteiger charge is 2.44. The van der Waals surface area contributed by atoms with Gasteiger partial charge in [-0.1, -0.05) is 84.9 Å². The molecule has 3 aliphatic rings. The predicted molar refractivity (Wildman–Crippen MR) is 126 cm³/mol. The Morgan fingerprint density at radius 1 is 0.806 bits per heavy atom. The van der Waals surface area contributed by atoms with Gasteiger partial charge in [0.1, 0.15) is 0 Å². The molecule has 3 heterocycles. The van der Waals surface area contributed by atoms with Crippen molar-refractivity contribution in [3.05, 3.63) is 107 Å². The molecule has 3 fully saturated rings. The Kier molecular flexibility index (Phi) is 5.71. The van der Waals surface area contributed by atoms with Crippen LogP contribution < -0.4 is 0 Å². The number of aryl methyl sites for hydroxylation is 1. The molecule has 6 rings (SSSR count). The molecule has 0 amide bonds. The molecule has 0 aromatic heterocycles. The number of hydrogen-bond donors (Lipinski definition) is 1. The first-order valence-electron chi connectivity index (χ1n) is 11.4. The van der Waals surface area contributed by atoms with E-state index < -0.39 is 6.23 Å². The number of nitrogens with zero attached hydrogens (tertiary/aromatic N) is 2. The van der Waals surface area contributed by atoms with Gasteiger partial charge in [-0.15, -0.1) is 0 Å². The quantitative estimate of drug-likeness (QED) is 0.615. The van der Waals surface area contributed by atoms with E-state index in [1.807, 2.05) is 31.2 Å². The molecule has 0 spiro atoms. The first-order valence-corrected chi connectivity index (χ1v) is 11.4. The summed E-state index contributed by atoms with van der Waals surface area (Å²) in [4.78, 5) is 7.62. The molecule has 2 bridgehead atoms. The van der Waals surface area contributed by atoms with E-state index in [-0.39, 0.29) is 12.0 Å². The van der Waals surface area contributed by atoms with E-state index in [2.05, 4.69) is 65.6 Å². The zero-order valence-electron chi connectivity index (χ0n) is 18.1. The lowest BCUT2D eigenvalue weighted by Crippen LogP contribution is -2.58. The molecule has 3 aromatic carbocycles. The average molecular weight is 411 g/mol. The summed E-state index contributed by atoms with van der Waals surface area (Å²) in [6.45, 7) is 4.25. The summed E-state index contributed by atoms with van der Waals surface area (Å²) in [6.07, 6.45) is 1.45. The van der Waals surface area contributed by atoms with E-state index in [1.54, 1.807) is 0 Å². The summed E-state index contributed by atoms with van der Waals surface area (Å²) in [5.41, 5.74) is 5.78. The molecule has 158 valence electrons. The highest BCUT2D eigenvalue weighted by molar-refractivity contribution is 5.94. The molecular formula is C28H30N2O. The Hall–Kier alpha value is -2.75. The van der Waals surface area contributed by atoms with Gasteiger partial charge in [0.15, 0.2) is 6.23 Å². The standard InChI is InChI=1S/C28H30N2O/c1-20-10-8-9-15-24(20)28(31)29-26-23-16-18-30(19-17-23)27(26)25(21-11-4-2-5-12-21)22-13-6-3-7-14-22/h2-15,23,25,27-28,31H,16-19H2,1H3. The Morgan fingerprint density at radius 2 is 1.35 bits per heavy atom. The Bertz CT molecular complexity index is 999. The van der Waals surface area contributed by atoms with Crippen molar-refractivity contribution < 1.29 is 5.11 Å². The smallest absolute Gasteiger partial charge is 0.171 e. The lowest BCUT2D eigenvalue weighted by molar-refractivity contribution is 0.128. The maximum Gasteiger partial charge on any atom is 0.171 e. The average Bonchev–Trinajstić information content (AvgIpc) is 2.83. The summed E-state index contributed by atoms with van der Waals surface area (Å²) < 4.78 is 0. The molecule has 3 aliphatic heterocycles. The summed E-state index contributed by atoms with van der Waals surface area (Å²) in [6, 6.07) is 29.8. The largest absolute Gasteiger partial charge is 0.368 e. The number of rotatable bonds is 5. The van der Waals surface area contributed by atoms with Gasteiger partial charge < -0.3 is 5.11 Å². The molecule has 2 unspecified atom stereocenters. The van der Waals surface area contributed by atoms with E-state index in [9.17, 15) is 5.11 Å². The van der Waals surface area contributed by atoms with Gasteiger partial charge in [0, 0.05) is 23.1 Å². The number of benzene rings is 3. The van der Waals surface area contributed by atoms with Crippen molar-refractivity contribution in [1.82, 2.24) is 4.90 Å². The maximum atomic E-state index is 11.1. The van der Waals surface area contributed by atoms with Crippen molar-refractivity contribution in [2.45, 2.75) is 38.0 Å². The number of fused-ring (bicyclic) bond motifs is 3. The first-order chi connectivity index (χ1) is 15.2. The van der Waals surface area contributed by atoms with Gasteiger partial charge in [-0.05, 0) is 49.5 Å². The van der Waals surface area contributed by atoms with Crippen LogP contribution in [0.1, 0.15) is 47.2 Å². The molecular weight excluding hydrogens is 380 g/mol. The number of aliphatic imine (C=N–C) groups is 1. The van der Waals surface area contributed by atoms with Crippen LogP contribution in [-0.2, 0) is 0 Å². The minimum Gasteiger partial charge on any atom is -0.368 e. The number of hydrogen-bond acceptors (Lipinski definition) is 3. The van der Waals surface area contributed by atoms with E-state index in [0.29, 0.717) is 5.92 Å². The number of aliphatic hydroxyl groups is 1. The lowest BCUT2D eigenvalue weighted by Gasteiger charge is -2.50. The van der Waals surface area contributed by atoms with Crippen molar-refractivity contribution in [1.29, 1.82) is 0 Å². The van der Waals surface area contributed by atoms with Crippen LogP contribution >= 0.6 is 0 Å². The fourth-order valence-corrected chi connectivity index (χ4v) is 5.43. The summed E-state index contributed by atoms with van der Waals surface area (Å²) in [5, 5.41) is 11.1. The van der Waals surface area contributed by atoms with Crippen LogP contribution in [0.5, 0.6) is 0 Å². The molecule has 31 heavy (non-hydrogen) atoms. The van der Waals surface area contributed by atoms with Crippen LogP contribution in [0.25, 0.3) is 0 Å². The van der Waals surface area contributed by atoms with Crippen LogP contribution in [0.4, 0.5) is 0 Å². The number of piperidine rings is 3. The summed E-state index contributed by atoms with van der Waals surface area (Å²) >= 11 is 0. The van der Waals surface area contributed by atoms with Crippen LogP contribution in [0.2, 0.25) is 0 Å². The van der Waals surface area contributed by atoms with Crippen LogP contribution in [0.15, 0.2) is 89.9 Å². The predicted octanol–water partition coefficient (Wildman–Crippen LogP) is 5.35. The van der Waals surface area contributed by atoms with Gasteiger partial charge in [-0.3, -0.25) is 9.89 Å². The molecule has 3 aromatic rings. The van der Waals surface area contributed by atoms with Crippen molar-refractivity contribution in [3.8, 4) is 0 Å². The second-order valence-corrected chi connectivity index (χ2v) is 8.84. The van der Waals surface area contributed by atoms with Gasteiger partial charge in [0.2, 0.25) is 0 Å². The second kappa shape index (κ2) is 8.78. The molecule has 3 nitrogen and oxygen atoms in total. The third kappa shape index (κ3) is 3.96. The minimum absolute atomic E-state index is 0.177. The molecule has 0 saturated carbocycles. The SMILES string of the molecule is Cc1ccccc1C(O)N=C1C2CCN(CC2)C1C(c1ccccc1)c1ccccc1. The number of aliphatic hydroxyl groups excluding tert-OH is 1. The van der Waals surface area contributed by atoms with Crippen LogP contribution in [0.3, 0.4) is 0 Å². The third-order valence-electron chi connectivity index (χ3n) is 7.02. The van der Waals surface area contributed by atoms with Gasteiger partial charge in [-0.2, -0.15) is 0 Å². The second-order valence-electron chi connectivity index (χ2n) is 8.84. The van der Waals surface area contributed by atoms with Crippen LogP contribution in [0, 0.1) is 12.8 Å². The van der Waals surface area contributed by atoms with E-state index in [1.165, 1.54) is 16.8 Å². The minimum atomic E-state index is -0.813. The highest BCUT2D eigenvalue weighted by Crippen LogP contribution is 2.41. The zero-order chi connectivity index (χ0) is 21.2. The van der Waals surface area contributed by atoms with Gasteiger partial charge in [0.25, 0.3) is 0 Å². The van der Waals surface area contributed by atoms with Gasteiger partial charge in [-0.25, -0.2) is 0 Å². The first kappa shape index (κ1) is 20.2. The Balaban J connectivity index is 1.61. The van der Waals surface area contributed by atoms with Crippen molar-refractivity contribution in [2.24, 2.45) is 10.9 Å². The molecule has 0 aliphatic carbocycles. The summed E-state index contributed by atoms with van der Waals surface area (Å²) in [7, 11) is 0. The van der Waals surface area contributed by atoms with E-state index >= 15 is 0 Å². The third-order valence-corrected chi connectivity index (χ3v) is 7.02. The Morgan fingerprint density at radius 3 is 1.94 bits per heavy atom. The fraction of sp³-hybridized carbons (Fsp3) is 0.321. The van der Waals surface area contributed by atoms with E-state index in [0.717, 1.165) is 37.1 Å². The Labute approximate surface area is 185 Å². The van der Waals surface area contributed by atoms with Gasteiger partial charge in [0.05, 0.1) is 6.04 Å². The van der Waals surface area contributed by atoms with Crippen molar-refractivity contribution in [3.63, 3.8) is 0 Å². The molecule has 3 heteroatoms. The lowest BCUT2D eigenvalue weighted by atomic mass is 9.72. The van der Waals surface area contributed by atoms with Crippen LogP contribution in [-0.4, -0.2) is 34.8 Å². The molecule has 0 radical (unpaired) electrons. The van der Waals surface area contributed by atoms with Gasteiger partial charge >= 0.3 is 0 Å². The topological polar surface area (TPSA) is 35.8 Å². The van der Waals surface area contributed by atoms with E-state index in [4.69, 9.17) is 4.99 Å². The highest BCUT2D eigenvalue weighted by atomic mass is 16.3. The summed E-state index contributed by atoms with van der Waals surface area (Å²) in [5.74, 6) is 0.650. The molecule has 1 N–H and O–H groups in total.